The van der Waals surface area contributed by atoms with Crippen molar-refractivity contribution in [3.63, 3.8) is 0 Å². The number of amides is 4. The van der Waals surface area contributed by atoms with Gasteiger partial charge in [-0.05, 0) is 12.3 Å². The van der Waals surface area contributed by atoms with Crippen molar-refractivity contribution in [2.75, 3.05) is 26.7 Å². The van der Waals surface area contributed by atoms with Crippen molar-refractivity contribution in [3.8, 4) is 0 Å². The Morgan fingerprint density at radius 2 is 1.88 bits per heavy atom. The summed E-state index contributed by atoms with van der Waals surface area (Å²) < 4.78 is 0. The number of nitrogens with one attached hydrogen (secondary N) is 1. The number of hydrogen-bond acceptors (Lipinski definition) is 4. The van der Waals surface area contributed by atoms with Gasteiger partial charge >= 0.3 is 0 Å². The maximum atomic E-state index is 12.2. The van der Waals surface area contributed by atoms with E-state index in [1.54, 1.807) is 11.9 Å². The Hall–Kier alpha value is -1.92. The van der Waals surface area contributed by atoms with Gasteiger partial charge in [0.25, 0.3) is 0 Å². The molecule has 4 amide bonds. The monoisotopic (exact) mass is 353 g/mol. The molecule has 142 valence electrons. The first-order chi connectivity index (χ1) is 11.6. The highest BCUT2D eigenvalue weighted by atomic mass is 16.2. The lowest BCUT2D eigenvalue weighted by Crippen LogP contribution is -2.38. The molecule has 1 aliphatic rings. The molecule has 0 aromatic carbocycles. The summed E-state index contributed by atoms with van der Waals surface area (Å²) in [5.41, 5.74) is 0. The minimum Gasteiger partial charge on any atom is -0.354 e. The van der Waals surface area contributed by atoms with E-state index < -0.39 is 0 Å². The molecule has 0 radical (unpaired) electrons. The van der Waals surface area contributed by atoms with E-state index in [0.717, 1.165) is 0 Å². The highest BCUT2D eigenvalue weighted by molar-refractivity contribution is 6.03. The third-order valence-electron chi connectivity index (χ3n) is 4.51. The van der Waals surface area contributed by atoms with E-state index in [-0.39, 0.29) is 54.2 Å². The van der Waals surface area contributed by atoms with Crippen LogP contribution in [-0.4, -0.2) is 60.1 Å². The summed E-state index contributed by atoms with van der Waals surface area (Å²) >= 11 is 0. The number of imide groups is 1. The van der Waals surface area contributed by atoms with Gasteiger partial charge in [-0.25, -0.2) is 0 Å². The second kappa shape index (κ2) is 9.53. The molecular formula is C18H31N3O4. The largest absolute Gasteiger partial charge is 0.354 e. The van der Waals surface area contributed by atoms with E-state index >= 15 is 0 Å². The number of carbonyl (C=O) groups is 4. The number of hydrogen-bond donors (Lipinski definition) is 1. The van der Waals surface area contributed by atoms with E-state index in [1.165, 1.54) is 4.90 Å². The Kier molecular flexibility index (Phi) is 8.06. The standard InChI is InChI=1S/C18H31N3O4/c1-12(2)14-11-16(23)21(18(14)25)9-6-7-15(22)19-8-10-20(5)17(24)13(3)4/h12-14H,6-11H2,1-5H3,(H,19,22). The van der Waals surface area contributed by atoms with E-state index in [4.69, 9.17) is 0 Å². The predicted octanol–water partition coefficient (Wildman–Crippen LogP) is 1.03. The quantitative estimate of drug-likeness (QED) is 0.627. The summed E-state index contributed by atoms with van der Waals surface area (Å²) in [5, 5.41) is 2.76. The third-order valence-corrected chi connectivity index (χ3v) is 4.51. The Bertz CT molecular complexity index is 516. The number of nitrogens with zero attached hydrogens (tertiary/aromatic N) is 2. The van der Waals surface area contributed by atoms with Crippen molar-refractivity contribution in [2.24, 2.45) is 17.8 Å². The van der Waals surface area contributed by atoms with E-state index in [9.17, 15) is 19.2 Å². The minimum atomic E-state index is -0.227. The van der Waals surface area contributed by atoms with E-state index in [2.05, 4.69) is 5.32 Å². The summed E-state index contributed by atoms with van der Waals surface area (Å²) in [5.74, 6) is -0.492. The fraction of sp³-hybridized carbons (Fsp3) is 0.778. The maximum absolute atomic E-state index is 12.2. The van der Waals surface area contributed by atoms with Crippen LogP contribution in [0.2, 0.25) is 0 Å². The van der Waals surface area contributed by atoms with Crippen LogP contribution in [0.15, 0.2) is 0 Å². The number of likely N-dealkylation sites (tertiary alicyclic amines) is 1. The highest BCUT2D eigenvalue weighted by Gasteiger charge is 2.39. The van der Waals surface area contributed by atoms with Crippen LogP contribution in [0.1, 0.15) is 47.0 Å². The third kappa shape index (κ3) is 6.14. The topological polar surface area (TPSA) is 86.8 Å². The summed E-state index contributed by atoms with van der Waals surface area (Å²) in [6.07, 6.45) is 0.985. The lowest BCUT2D eigenvalue weighted by Gasteiger charge is -2.19. The van der Waals surface area contributed by atoms with Crippen LogP contribution in [0, 0.1) is 17.8 Å². The van der Waals surface area contributed by atoms with Crippen LogP contribution in [0.5, 0.6) is 0 Å². The van der Waals surface area contributed by atoms with Crippen LogP contribution in [0.25, 0.3) is 0 Å². The molecule has 1 aliphatic heterocycles. The predicted molar refractivity (Wildman–Crippen MR) is 94.4 cm³/mol. The fourth-order valence-corrected chi connectivity index (χ4v) is 2.86. The smallest absolute Gasteiger partial charge is 0.233 e. The molecular weight excluding hydrogens is 322 g/mol. The summed E-state index contributed by atoms with van der Waals surface area (Å²) in [7, 11) is 1.71. The van der Waals surface area contributed by atoms with E-state index in [1.807, 2.05) is 27.7 Å². The normalized spacial score (nSPS) is 17.6. The Balaban J connectivity index is 2.26. The molecule has 1 heterocycles. The lowest BCUT2D eigenvalue weighted by molar-refractivity contribution is -0.140. The van der Waals surface area contributed by atoms with Crippen LogP contribution >= 0.6 is 0 Å². The molecule has 1 saturated heterocycles. The molecule has 7 nitrogen and oxygen atoms in total. The Morgan fingerprint density at radius 3 is 2.40 bits per heavy atom. The van der Waals surface area contributed by atoms with Crippen molar-refractivity contribution in [1.82, 2.24) is 15.1 Å². The minimum absolute atomic E-state index is 0.0417. The van der Waals surface area contributed by atoms with Gasteiger partial charge in [0, 0.05) is 51.4 Å². The molecule has 0 spiro atoms. The van der Waals surface area contributed by atoms with Gasteiger partial charge in [-0.1, -0.05) is 27.7 Å². The van der Waals surface area contributed by atoms with Gasteiger partial charge in [0.1, 0.15) is 0 Å². The zero-order valence-electron chi connectivity index (χ0n) is 16.0. The van der Waals surface area contributed by atoms with Crippen molar-refractivity contribution >= 4 is 23.6 Å². The fourth-order valence-electron chi connectivity index (χ4n) is 2.86. The lowest BCUT2D eigenvalue weighted by atomic mass is 9.94. The van der Waals surface area contributed by atoms with Gasteiger partial charge < -0.3 is 10.2 Å². The van der Waals surface area contributed by atoms with Crippen molar-refractivity contribution in [1.29, 1.82) is 0 Å². The van der Waals surface area contributed by atoms with Crippen LogP contribution in [0.3, 0.4) is 0 Å². The van der Waals surface area contributed by atoms with Crippen molar-refractivity contribution in [2.45, 2.75) is 47.0 Å². The molecule has 1 unspecified atom stereocenters. The molecule has 0 aromatic rings. The van der Waals surface area contributed by atoms with E-state index in [0.29, 0.717) is 26.1 Å². The maximum Gasteiger partial charge on any atom is 0.233 e. The van der Waals surface area contributed by atoms with Gasteiger partial charge in [-0.3, -0.25) is 24.1 Å². The van der Waals surface area contributed by atoms with Gasteiger partial charge in [0.15, 0.2) is 0 Å². The Morgan fingerprint density at radius 1 is 1.24 bits per heavy atom. The number of carbonyl (C=O) groups excluding carboxylic acids is 4. The summed E-state index contributed by atoms with van der Waals surface area (Å²) in [4.78, 5) is 50.5. The average molecular weight is 353 g/mol. The first kappa shape index (κ1) is 21.1. The van der Waals surface area contributed by atoms with Crippen molar-refractivity contribution in [3.05, 3.63) is 0 Å². The second-order valence-electron chi connectivity index (χ2n) is 7.31. The molecule has 0 aliphatic carbocycles. The highest BCUT2D eigenvalue weighted by Crippen LogP contribution is 2.26. The number of likely N-dealkylation sites (N-methyl/N-ethyl adjacent to an activating group) is 1. The first-order valence-corrected chi connectivity index (χ1v) is 9.01. The zero-order valence-corrected chi connectivity index (χ0v) is 16.0. The molecule has 1 atom stereocenters. The summed E-state index contributed by atoms with van der Waals surface area (Å²) in [6.45, 7) is 8.69. The molecule has 1 fully saturated rings. The van der Waals surface area contributed by atoms with Gasteiger partial charge in [0.2, 0.25) is 23.6 Å². The first-order valence-electron chi connectivity index (χ1n) is 9.01. The zero-order chi connectivity index (χ0) is 19.1. The molecule has 0 saturated carbocycles. The SMILES string of the molecule is CC(C)C(=O)N(C)CCNC(=O)CCCN1C(=O)CC(C(C)C)C1=O. The van der Waals surface area contributed by atoms with Gasteiger partial charge in [0.05, 0.1) is 0 Å². The molecule has 0 aromatic heterocycles. The van der Waals surface area contributed by atoms with Crippen molar-refractivity contribution < 1.29 is 19.2 Å². The van der Waals surface area contributed by atoms with Gasteiger partial charge in [-0.2, -0.15) is 0 Å². The molecule has 0 bridgehead atoms. The molecule has 1 N–H and O–H groups in total. The van der Waals surface area contributed by atoms with Crippen LogP contribution < -0.4 is 5.32 Å². The molecule has 25 heavy (non-hydrogen) atoms. The van der Waals surface area contributed by atoms with Crippen LogP contribution in [-0.2, 0) is 19.2 Å². The van der Waals surface area contributed by atoms with Gasteiger partial charge in [-0.15, -0.1) is 0 Å². The Labute approximate surface area is 150 Å². The average Bonchev–Trinajstić information content (AvgIpc) is 2.82. The molecule has 7 heteroatoms. The van der Waals surface area contributed by atoms with Crippen LogP contribution in [0.4, 0.5) is 0 Å². The second-order valence-corrected chi connectivity index (χ2v) is 7.31. The number of rotatable bonds is 9. The summed E-state index contributed by atoms with van der Waals surface area (Å²) in [6, 6.07) is 0. The molecule has 1 rings (SSSR count).